The van der Waals surface area contributed by atoms with Gasteiger partial charge in [0.2, 0.25) is 11.9 Å². The minimum atomic E-state index is -0.193. The molecule has 1 amide bonds. The first-order chi connectivity index (χ1) is 10.1. The van der Waals surface area contributed by atoms with Gasteiger partial charge >= 0.3 is 0 Å². The lowest BCUT2D eigenvalue weighted by Gasteiger charge is -2.35. The monoisotopic (exact) mass is 305 g/mol. The number of thiophene rings is 1. The summed E-state index contributed by atoms with van der Waals surface area (Å²) in [4.78, 5) is 25.0. The van der Waals surface area contributed by atoms with Crippen LogP contribution in [0.4, 0.5) is 11.8 Å². The zero-order chi connectivity index (χ0) is 15.0. The maximum Gasteiger partial charge on any atom is 0.242 e. The molecule has 0 radical (unpaired) electrons. The fraction of sp³-hybridized carbons (Fsp3) is 0.500. The summed E-state index contributed by atoms with van der Waals surface area (Å²) in [6, 6.07) is 1.93. The first kappa shape index (κ1) is 14.1. The second kappa shape index (κ2) is 5.48. The smallest absolute Gasteiger partial charge is 0.242 e. The summed E-state index contributed by atoms with van der Waals surface area (Å²) in [6.07, 6.45) is 1.69. The molecule has 3 rings (SSSR count). The molecular formula is C14H19N5OS. The number of nitrogens with zero attached hydrogens (tertiary/aromatic N) is 3. The van der Waals surface area contributed by atoms with Crippen molar-refractivity contribution >= 4 is 39.2 Å². The summed E-state index contributed by atoms with van der Waals surface area (Å²) in [5.41, 5.74) is 5.86. The molecule has 0 saturated carbocycles. The number of aromatic nitrogens is 2. The van der Waals surface area contributed by atoms with E-state index in [2.05, 4.69) is 33.2 Å². The number of anilines is 2. The van der Waals surface area contributed by atoms with Crippen molar-refractivity contribution in [3.8, 4) is 0 Å². The van der Waals surface area contributed by atoms with Gasteiger partial charge in [-0.25, -0.2) is 4.98 Å². The number of carbonyl (C=O) groups excluding carboxylic acids is 1. The van der Waals surface area contributed by atoms with Crippen molar-refractivity contribution in [2.75, 3.05) is 23.7 Å². The Bertz CT molecular complexity index is 683. The lowest BCUT2D eigenvalue weighted by Crippen LogP contribution is -2.55. The number of carbonyl (C=O) groups is 1. The van der Waals surface area contributed by atoms with E-state index >= 15 is 0 Å². The first-order valence-corrected chi connectivity index (χ1v) is 8.06. The Morgan fingerprint density at radius 3 is 3.00 bits per heavy atom. The third-order valence-corrected chi connectivity index (χ3v) is 4.95. The molecule has 3 heterocycles. The van der Waals surface area contributed by atoms with Crippen LogP contribution in [0.5, 0.6) is 0 Å². The SMILES string of the molecule is CCc1cc2c(N3CCNC(=O)C3CC)nc(N)nc2s1. The van der Waals surface area contributed by atoms with E-state index in [4.69, 9.17) is 5.73 Å². The van der Waals surface area contributed by atoms with Gasteiger partial charge in [-0.05, 0) is 18.9 Å². The number of piperazine rings is 1. The molecule has 2 aromatic rings. The Kier molecular flexibility index (Phi) is 3.67. The highest BCUT2D eigenvalue weighted by Gasteiger charge is 2.30. The van der Waals surface area contributed by atoms with E-state index in [9.17, 15) is 4.79 Å². The largest absolute Gasteiger partial charge is 0.368 e. The van der Waals surface area contributed by atoms with Crippen LogP contribution >= 0.6 is 11.3 Å². The molecule has 1 fully saturated rings. The predicted octanol–water partition coefficient (Wildman–Crippen LogP) is 1.55. The van der Waals surface area contributed by atoms with Crippen LogP contribution in [0.2, 0.25) is 0 Å². The first-order valence-electron chi connectivity index (χ1n) is 7.24. The molecule has 1 atom stereocenters. The lowest BCUT2D eigenvalue weighted by atomic mass is 10.1. The summed E-state index contributed by atoms with van der Waals surface area (Å²) < 4.78 is 0. The van der Waals surface area contributed by atoms with Gasteiger partial charge in [0, 0.05) is 18.0 Å². The van der Waals surface area contributed by atoms with Gasteiger partial charge in [-0.2, -0.15) is 4.98 Å². The average molecular weight is 305 g/mol. The van der Waals surface area contributed by atoms with Crippen molar-refractivity contribution in [1.29, 1.82) is 0 Å². The number of nitrogens with two attached hydrogens (primary N) is 1. The Balaban J connectivity index is 2.13. The quantitative estimate of drug-likeness (QED) is 0.899. The van der Waals surface area contributed by atoms with Crippen molar-refractivity contribution in [3.63, 3.8) is 0 Å². The lowest BCUT2D eigenvalue weighted by molar-refractivity contribution is -0.123. The Labute approximate surface area is 127 Å². The number of rotatable bonds is 3. The molecule has 2 aromatic heterocycles. The van der Waals surface area contributed by atoms with Crippen LogP contribution in [0.15, 0.2) is 6.07 Å². The molecule has 7 heteroatoms. The van der Waals surface area contributed by atoms with Gasteiger partial charge in [-0.1, -0.05) is 13.8 Å². The van der Waals surface area contributed by atoms with Crippen LogP contribution in [0.1, 0.15) is 25.1 Å². The molecule has 0 spiro atoms. The number of amides is 1. The van der Waals surface area contributed by atoms with Gasteiger partial charge in [0.05, 0.1) is 5.39 Å². The highest BCUT2D eigenvalue weighted by Crippen LogP contribution is 2.33. The Hall–Kier alpha value is -1.89. The van der Waals surface area contributed by atoms with Gasteiger partial charge in [-0.15, -0.1) is 11.3 Å². The fourth-order valence-electron chi connectivity index (χ4n) is 2.74. The fourth-order valence-corrected chi connectivity index (χ4v) is 3.71. The molecule has 1 unspecified atom stereocenters. The molecule has 21 heavy (non-hydrogen) atoms. The van der Waals surface area contributed by atoms with Crippen molar-refractivity contribution < 1.29 is 4.79 Å². The number of nitrogens with one attached hydrogen (secondary N) is 1. The maximum atomic E-state index is 12.1. The van der Waals surface area contributed by atoms with Crippen LogP contribution in [-0.4, -0.2) is 35.0 Å². The number of hydrogen-bond acceptors (Lipinski definition) is 6. The van der Waals surface area contributed by atoms with Gasteiger partial charge in [0.1, 0.15) is 16.7 Å². The number of nitrogen functional groups attached to an aromatic ring is 1. The zero-order valence-corrected chi connectivity index (χ0v) is 13.0. The van der Waals surface area contributed by atoms with Crippen molar-refractivity contribution in [2.24, 2.45) is 0 Å². The van der Waals surface area contributed by atoms with Crippen LogP contribution in [0.25, 0.3) is 10.2 Å². The summed E-state index contributed by atoms with van der Waals surface area (Å²) >= 11 is 1.64. The third kappa shape index (κ3) is 2.42. The molecule has 3 N–H and O–H groups in total. The summed E-state index contributed by atoms with van der Waals surface area (Å²) in [5, 5.41) is 3.91. The van der Waals surface area contributed by atoms with Crippen LogP contribution in [0.3, 0.4) is 0 Å². The summed E-state index contributed by atoms with van der Waals surface area (Å²) in [7, 11) is 0. The van der Waals surface area contributed by atoms with Crippen molar-refractivity contribution in [3.05, 3.63) is 10.9 Å². The molecular weight excluding hydrogens is 286 g/mol. The Morgan fingerprint density at radius 1 is 1.48 bits per heavy atom. The molecule has 6 nitrogen and oxygen atoms in total. The summed E-state index contributed by atoms with van der Waals surface area (Å²) in [6.45, 7) is 5.50. The molecule has 112 valence electrons. The van der Waals surface area contributed by atoms with E-state index in [1.807, 2.05) is 6.92 Å². The highest BCUT2D eigenvalue weighted by atomic mass is 32.1. The highest BCUT2D eigenvalue weighted by molar-refractivity contribution is 7.18. The molecule has 0 aliphatic carbocycles. The standard InChI is InChI=1S/C14H19N5OS/c1-3-8-7-9-11(17-14(15)18-13(9)21-8)19-6-5-16-12(20)10(19)4-2/h7,10H,3-6H2,1-2H3,(H,16,20)(H2,15,17,18). The molecule has 1 saturated heterocycles. The van der Waals surface area contributed by atoms with Crippen molar-refractivity contribution in [2.45, 2.75) is 32.7 Å². The summed E-state index contributed by atoms with van der Waals surface area (Å²) in [5.74, 6) is 1.11. The number of aryl methyl sites for hydroxylation is 1. The predicted molar refractivity (Wildman–Crippen MR) is 85.6 cm³/mol. The van der Waals surface area contributed by atoms with E-state index in [1.165, 1.54) is 4.88 Å². The van der Waals surface area contributed by atoms with Crippen molar-refractivity contribution in [1.82, 2.24) is 15.3 Å². The van der Waals surface area contributed by atoms with E-state index < -0.39 is 0 Å². The molecule has 1 aliphatic heterocycles. The van der Waals surface area contributed by atoms with E-state index in [0.29, 0.717) is 6.54 Å². The van der Waals surface area contributed by atoms with Gasteiger partial charge in [0.25, 0.3) is 0 Å². The van der Waals surface area contributed by atoms with Gasteiger partial charge in [-0.3, -0.25) is 4.79 Å². The number of fused-ring (bicyclic) bond motifs is 1. The van der Waals surface area contributed by atoms with Gasteiger partial charge < -0.3 is 16.0 Å². The minimum Gasteiger partial charge on any atom is -0.368 e. The maximum absolute atomic E-state index is 12.1. The second-order valence-electron chi connectivity index (χ2n) is 5.10. The molecule has 0 aromatic carbocycles. The van der Waals surface area contributed by atoms with E-state index in [0.717, 1.165) is 35.4 Å². The zero-order valence-electron chi connectivity index (χ0n) is 12.2. The third-order valence-electron chi connectivity index (χ3n) is 3.78. The van der Waals surface area contributed by atoms with E-state index in [-0.39, 0.29) is 17.9 Å². The molecule has 1 aliphatic rings. The molecule has 0 bridgehead atoms. The van der Waals surface area contributed by atoms with Crippen LogP contribution in [-0.2, 0) is 11.2 Å². The second-order valence-corrected chi connectivity index (χ2v) is 6.21. The topological polar surface area (TPSA) is 84.1 Å². The Morgan fingerprint density at radius 2 is 2.29 bits per heavy atom. The van der Waals surface area contributed by atoms with E-state index in [1.54, 1.807) is 11.3 Å². The van der Waals surface area contributed by atoms with Gasteiger partial charge in [0.15, 0.2) is 0 Å². The van der Waals surface area contributed by atoms with Crippen LogP contribution < -0.4 is 16.0 Å². The number of hydrogen-bond donors (Lipinski definition) is 2. The minimum absolute atomic E-state index is 0.0556. The van der Waals surface area contributed by atoms with Crippen LogP contribution in [0, 0.1) is 0 Å². The normalized spacial score (nSPS) is 19.0. The average Bonchev–Trinajstić information content (AvgIpc) is 2.89.